The summed E-state index contributed by atoms with van der Waals surface area (Å²) in [5, 5.41) is 5.26. The molecule has 0 aliphatic carbocycles. The molecule has 0 aliphatic rings. The fourth-order valence-corrected chi connectivity index (χ4v) is 3.48. The summed E-state index contributed by atoms with van der Waals surface area (Å²) in [7, 11) is 3.36. The molecule has 3 aromatic rings. The van der Waals surface area contributed by atoms with Crippen LogP contribution >= 0.6 is 34.8 Å². The third kappa shape index (κ3) is 5.17. The first-order chi connectivity index (χ1) is 14.3. The van der Waals surface area contributed by atoms with E-state index >= 15 is 0 Å². The lowest BCUT2D eigenvalue weighted by molar-refractivity contribution is 0.104. The molecule has 30 heavy (non-hydrogen) atoms. The Labute approximate surface area is 189 Å². The standard InChI is InChI=1S/C22H19Cl3N2O3/c1-13-16(11-27(2)26-13)20(28)6-4-14-5-7-21(29-3)15(8-14)12-30-22-10-18(24)17(23)9-19(22)25/h4-11H,12H2,1-3H3/b6-4+. The van der Waals surface area contributed by atoms with Crippen LogP contribution in [0.25, 0.3) is 6.08 Å². The summed E-state index contributed by atoms with van der Waals surface area (Å²) in [6, 6.07) is 8.65. The maximum atomic E-state index is 12.4. The largest absolute Gasteiger partial charge is 0.496 e. The third-order valence-electron chi connectivity index (χ3n) is 4.37. The van der Waals surface area contributed by atoms with E-state index in [1.54, 1.807) is 44.1 Å². The molecule has 2 aromatic carbocycles. The smallest absolute Gasteiger partial charge is 0.189 e. The molecule has 0 unspecified atom stereocenters. The van der Waals surface area contributed by atoms with Crippen molar-refractivity contribution in [2.75, 3.05) is 7.11 Å². The zero-order valence-electron chi connectivity index (χ0n) is 16.6. The Morgan fingerprint density at radius 1 is 1.10 bits per heavy atom. The second-order valence-electron chi connectivity index (χ2n) is 6.56. The van der Waals surface area contributed by atoms with E-state index in [-0.39, 0.29) is 12.4 Å². The van der Waals surface area contributed by atoms with Gasteiger partial charge in [0.2, 0.25) is 0 Å². The van der Waals surface area contributed by atoms with E-state index in [1.165, 1.54) is 12.1 Å². The van der Waals surface area contributed by atoms with Crippen molar-refractivity contribution in [3.8, 4) is 11.5 Å². The summed E-state index contributed by atoms with van der Waals surface area (Å²) < 4.78 is 12.8. The molecule has 3 rings (SSSR count). The van der Waals surface area contributed by atoms with Gasteiger partial charge in [0.05, 0.1) is 33.4 Å². The zero-order valence-corrected chi connectivity index (χ0v) is 18.8. The van der Waals surface area contributed by atoms with Gasteiger partial charge in [-0.05, 0) is 36.8 Å². The summed E-state index contributed by atoms with van der Waals surface area (Å²) in [6.45, 7) is 2.00. The van der Waals surface area contributed by atoms with Crippen LogP contribution in [0.3, 0.4) is 0 Å². The molecule has 0 N–H and O–H groups in total. The summed E-state index contributed by atoms with van der Waals surface area (Å²) >= 11 is 18.2. The Hall–Kier alpha value is -2.47. The molecule has 0 aliphatic heterocycles. The molecule has 1 aromatic heterocycles. The van der Waals surface area contributed by atoms with Gasteiger partial charge >= 0.3 is 0 Å². The molecule has 5 nitrogen and oxygen atoms in total. The number of halogens is 3. The fourth-order valence-electron chi connectivity index (χ4n) is 2.89. The summed E-state index contributed by atoms with van der Waals surface area (Å²) in [5.74, 6) is 0.950. The first-order valence-electron chi connectivity index (χ1n) is 8.95. The van der Waals surface area contributed by atoms with Gasteiger partial charge in [-0.1, -0.05) is 46.9 Å². The predicted octanol–water partition coefficient (Wildman–Crippen LogP) is 6.17. The van der Waals surface area contributed by atoms with Crippen molar-refractivity contribution in [3.63, 3.8) is 0 Å². The first-order valence-corrected chi connectivity index (χ1v) is 10.1. The van der Waals surface area contributed by atoms with Gasteiger partial charge < -0.3 is 9.47 Å². The number of methoxy groups -OCH3 is 1. The lowest BCUT2D eigenvalue weighted by atomic mass is 10.1. The second-order valence-corrected chi connectivity index (χ2v) is 7.78. The van der Waals surface area contributed by atoms with E-state index in [4.69, 9.17) is 44.3 Å². The van der Waals surface area contributed by atoms with Crippen LogP contribution in [-0.4, -0.2) is 22.7 Å². The third-order valence-corrected chi connectivity index (χ3v) is 5.39. The SMILES string of the molecule is COc1ccc(/C=C/C(=O)c2cn(C)nc2C)cc1COc1cc(Cl)c(Cl)cc1Cl. The monoisotopic (exact) mass is 464 g/mol. The number of ketones is 1. The van der Waals surface area contributed by atoms with Crippen LogP contribution < -0.4 is 9.47 Å². The number of aryl methyl sites for hydroxylation is 2. The van der Waals surface area contributed by atoms with Crippen molar-refractivity contribution < 1.29 is 14.3 Å². The van der Waals surface area contributed by atoms with E-state index in [1.807, 2.05) is 18.2 Å². The zero-order chi connectivity index (χ0) is 21.8. The van der Waals surface area contributed by atoms with Crippen molar-refractivity contribution in [2.24, 2.45) is 7.05 Å². The summed E-state index contributed by atoms with van der Waals surface area (Å²) in [4.78, 5) is 12.4. The molecular weight excluding hydrogens is 447 g/mol. The quantitative estimate of drug-likeness (QED) is 0.238. The summed E-state index contributed by atoms with van der Waals surface area (Å²) in [6.07, 6.45) is 4.96. The number of aromatic nitrogens is 2. The van der Waals surface area contributed by atoms with Crippen LogP contribution in [0.5, 0.6) is 11.5 Å². The normalized spacial score (nSPS) is 11.1. The Morgan fingerprint density at radius 3 is 2.50 bits per heavy atom. The average Bonchev–Trinajstić information content (AvgIpc) is 3.06. The molecule has 0 atom stereocenters. The van der Waals surface area contributed by atoms with Crippen LogP contribution in [0.2, 0.25) is 15.1 Å². The average molecular weight is 466 g/mol. The minimum Gasteiger partial charge on any atom is -0.496 e. The van der Waals surface area contributed by atoms with Crippen LogP contribution in [0.1, 0.15) is 27.2 Å². The van der Waals surface area contributed by atoms with Gasteiger partial charge in [-0.2, -0.15) is 5.10 Å². The van der Waals surface area contributed by atoms with Gasteiger partial charge in [0.25, 0.3) is 0 Å². The number of hydrogen-bond donors (Lipinski definition) is 0. The Morgan fingerprint density at radius 2 is 1.83 bits per heavy atom. The molecule has 0 fully saturated rings. The Kier molecular flexibility index (Phi) is 7.08. The van der Waals surface area contributed by atoms with E-state index in [0.29, 0.717) is 37.8 Å². The first kappa shape index (κ1) is 22.2. The molecule has 156 valence electrons. The lowest BCUT2D eigenvalue weighted by Gasteiger charge is -2.13. The topological polar surface area (TPSA) is 53.4 Å². The lowest BCUT2D eigenvalue weighted by Crippen LogP contribution is -2.00. The van der Waals surface area contributed by atoms with Gasteiger partial charge in [-0.15, -0.1) is 0 Å². The number of nitrogens with zero attached hydrogens (tertiary/aromatic N) is 2. The van der Waals surface area contributed by atoms with Crippen LogP contribution in [0.4, 0.5) is 0 Å². The number of rotatable bonds is 7. The maximum Gasteiger partial charge on any atom is 0.189 e. The van der Waals surface area contributed by atoms with E-state index in [9.17, 15) is 4.79 Å². The maximum absolute atomic E-state index is 12.4. The van der Waals surface area contributed by atoms with Crippen molar-refractivity contribution in [3.05, 3.63) is 80.1 Å². The molecule has 0 radical (unpaired) electrons. The highest BCUT2D eigenvalue weighted by Gasteiger charge is 2.11. The van der Waals surface area contributed by atoms with Crippen molar-refractivity contribution in [2.45, 2.75) is 13.5 Å². The van der Waals surface area contributed by atoms with Gasteiger partial charge in [0.15, 0.2) is 5.78 Å². The van der Waals surface area contributed by atoms with Crippen molar-refractivity contribution in [1.29, 1.82) is 0 Å². The number of carbonyl (C=O) groups is 1. The van der Waals surface area contributed by atoms with E-state index < -0.39 is 0 Å². The fraction of sp³-hybridized carbons (Fsp3) is 0.182. The van der Waals surface area contributed by atoms with E-state index in [0.717, 1.165) is 11.1 Å². The molecular formula is C22H19Cl3N2O3. The van der Waals surface area contributed by atoms with Crippen molar-refractivity contribution >= 4 is 46.7 Å². The van der Waals surface area contributed by atoms with Gasteiger partial charge in [-0.3, -0.25) is 9.48 Å². The number of allylic oxidation sites excluding steroid dienone is 1. The van der Waals surface area contributed by atoms with E-state index in [2.05, 4.69) is 5.10 Å². The molecule has 0 spiro atoms. The molecule has 0 saturated carbocycles. The predicted molar refractivity (Wildman–Crippen MR) is 120 cm³/mol. The Bertz CT molecular complexity index is 1120. The van der Waals surface area contributed by atoms with Gasteiger partial charge in [0.1, 0.15) is 18.1 Å². The summed E-state index contributed by atoms with van der Waals surface area (Å²) in [5.41, 5.74) is 2.87. The Balaban J connectivity index is 1.79. The highest BCUT2D eigenvalue weighted by atomic mass is 35.5. The highest BCUT2D eigenvalue weighted by Crippen LogP contribution is 2.34. The molecule has 0 saturated heterocycles. The highest BCUT2D eigenvalue weighted by molar-refractivity contribution is 6.43. The molecule has 0 amide bonds. The minimum atomic E-state index is -0.114. The van der Waals surface area contributed by atoms with Crippen LogP contribution in [0, 0.1) is 6.92 Å². The number of ether oxygens (including phenoxy) is 2. The molecule has 1 heterocycles. The van der Waals surface area contributed by atoms with Crippen molar-refractivity contribution in [1.82, 2.24) is 9.78 Å². The van der Waals surface area contributed by atoms with Crippen LogP contribution in [-0.2, 0) is 13.7 Å². The molecule has 0 bridgehead atoms. The number of hydrogen-bond acceptors (Lipinski definition) is 4. The van der Waals surface area contributed by atoms with Gasteiger partial charge in [0, 0.05) is 24.9 Å². The minimum absolute atomic E-state index is 0.114. The second kappa shape index (κ2) is 9.56. The molecule has 8 heteroatoms. The number of carbonyl (C=O) groups excluding carboxylic acids is 1. The van der Waals surface area contributed by atoms with Gasteiger partial charge in [-0.25, -0.2) is 0 Å². The number of benzene rings is 2. The van der Waals surface area contributed by atoms with Crippen LogP contribution in [0.15, 0.2) is 42.6 Å².